The maximum atomic E-state index is 12.9. The van der Waals surface area contributed by atoms with Crippen molar-refractivity contribution < 1.29 is 9.32 Å². The molecule has 0 radical (unpaired) electrons. The van der Waals surface area contributed by atoms with Crippen LogP contribution in [-0.4, -0.2) is 34.1 Å². The monoisotopic (exact) mass is 487 g/mol. The highest BCUT2D eigenvalue weighted by atomic mass is 35.5. The van der Waals surface area contributed by atoms with Crippen LogP contribution in [0.1, 0.15) is 31.4 Å². The van der Waals surface area contributed by atoms with E-state index in [1.807, 2.05) is 61.5 Å². The van der Waals surface area contributed by atoms with E-state index in [1.54, 1.807) is 18.3 Å². The molecule has 8 heteroatoms. The Balaban J connectivity index is 1.26. The fourth-order valence-electron chi connectivity index (χ4n) is 4.40. The van der Waals surface area contributed by atoms with Gasteiger partial charge in [0.15, 0.2) is 0 Å². The van der Waals surface area contributed by atoms with Crippen molar-refractivity contribution in [2.24, 2.45) is 5.92 Å². The molecule has 1 N–H and O–H groups in total. The van der Waals surface area contributed by atoms with Crippen LogP contribution in [0.4, 0.5) is 5.82 Å². The predicted octanol–water partition coefficient (Wildman–Crippen LogP) is 5.55. The number of hydrogen-bond donors (Lipinski definition) is 1. The number of carbonyl (C=O) groups excluding carboxylic acids is 1. The van der Waals surface area contributed by atoms with Gasteiger partial charge in [-0.1, -0.05) is 59.2 Å². The molecule has 0 bridgehead atoms. The smallest absolute Gasteiger partial charge is 0.261 e. The Kier molecular flexibility index (Phi) is 6.77. The van der Waals surface area contributed by atoms with Gasteiger partial charge in [0.2, 0.25) is 11.7 Å². The lowest BCUT2D eigenvalue weighted by molar-refractivity contribution is -0.126. The Labute approximate surface area is 209 Å². The average molecular weight is 488 g/mol. The maximum absolute atomic E-state index is 12.9. The van der Waals surface area contributed by atoms with E-state index in [4.69, 9.17) is 16.1 Å². The second-order valence-corrected chi connectivity index (χ2v) is 9.15. The molecule has 1 saturated heterocycles. The van der Waals surface area contributed by atoms with E-state index in [1.165, 1.54) is 0 Å². The lowest BCUT2D eigenvalue weighted by Gasteiger charge is -2.33. The Hall–Kier alpha value is -3.71. The number of benzene rings is 2. The molecule has 1 aliphatic rings. The molecule has 0 aliphatic carbocycles. The van der Waals surface area contributed by atoms with Crippen LogP contribution in [0.25, 0.3) is 22.8 Å². The molecule has 1 aliphatic heterocycles. The Bertz CT molecular complexity index is 1300. The lowest BCUT2D eigenvalue weighted by atomic mass is 9.95. The quantitative estimate of drug-likeness (QED) is 0.384. The number of amides is 1. The molecule has 2 aromatic carbocycles. The minimum absolute atomic E-state index is 0.0182. The SMILES string of the molecule is C[C@H](NC(=O)C1CCN(c2ncccc2-c2nc(-c3cccc(Cl)c3)no2)CC1)c1ccccc1. The third-order valence-electron chi connectivity index (χ3n) is 6.35. The number of pyridine rings is 1. The van der Waals surface area contributed by atoms with Crippen LogP contribution < -0.4 is 10.2 Å². The molecule has 35 heavy (non-hydrogen) atoms. The number of piperidine rings is 1. The highest BCUT2D eigenvalue weighted by Gasteiger charge is 2.28. The summed E-state index contributed by atoms with van der Waals surface area (Å²) in [5, 5.41) is 7.91. The molecule has 3 heterocycles. The summed E-state index contributed by atoms with van der Waals surface area (Å²) in [4.78, 5) is 24.3. The second kappa shape index (κ2) is 10.3. The third kappa shape index (κ3) is 5.20. The van der Waals surface area contributed by atoms with Gasteiger partial charge in [0, 0.05) is 35.8 Å². The normalized spacial score (nSPS) is 15.1. The molecule has 5 rings (SSSR count). The topological polar surface area (TPSA) is 84.2 Å². The van der Waals surface area contributed by atoms with Crippen LogP contribution in [-0.2, 0) is 4.79 Å². The number of halogens is 1. The molecule has 4 aromatic rings. The summed E-state index contributed by atoms with van der Waals surface area (Å²) in [5.41, 5.74) is 2.66. The summed E-state index contributed by atoms with van der Waals surface area (Å²) in [6, 6.07) is 21.1. The fourth-order valence-corrected chi connectivity index (χ4v) is 4.59. The van der Waals surface area contributed by atoms with Crippen LogP contribution in [0, 0.1) is 5.92 Å². The zero-order valence-electron chi connectivity index (χ0n) is 19.4. The standard InChI is InChI=1S/C27H26ClN5O2/c1-18(19-7-3-2-4-8-19)30-26(34)20-12-15-33(16-13-20)25-23(11-6-14-29-25)27-31-24(32-35-27)21-9-5-10-22(28)17-21/h2-11,14,17-18,20H,12-13,15-16H2,1H3,(H,30,34)/t18-/m0/s1. The molecular weight excluding hydrogens is 462 g/mol. The zero-order valence-corrected chi connectivity index (χ0v) is 20.2. The van der Waals surface area contributed by atoms with Gasteiger partial charge in [0.25, 0.3) is 5.89 Å². The van der Waals surface area contributed by atoms with Crippen LogP contribution in [0.3, 0.4) is 0 Å². The van der Waals surface area contributed by atoms with E-state index in [0.29, 0.717) is 16.7 Å². The highest BCUT2D eigenvalue weighted by Crippen LogP contribution is 2.32. The number of aromatic nitrogens is 3. The summed E-state index contributed by atoms with van der Waals surface area (Å²) in [5.74, 6) is 1.73. The van der Waals surface area contributed by atoms with Crippen molar-refractivity contribution in [2.75, 3.05) is 18.0 Å². The molecule has 1 fully saturated rings. The summed E-state index contributed by atoms with van der Waals surface area (Å²) >= 11 is 6.11. The summed E-state index contributed by atoms with van der Waals surface area (Å²) in [7, 11) is 0. The van der Waals surface area contributed by atoms with Crippen LogP contribution in [0.15, 0.2) is 77.4 Å². The van der Waals surface area contributed by atoms with E-state index >= 15 is 0 Å². The summed E-state index contributed by atoms with van der Waals surface area (Å²) in [6.45, 7) is 3.46. The molecule has 1 amide bonds. The highest BCUT2D eigenvalue weighted by molar-refractivity contribution is 6.30. The number of nitrogens with one attached hydrogen (secondary N) is 1. The van der Waals surface area contributed by atoms with Crippen molar-refractivity contribution in [2.45, 2.75) is 25.8 Å². The van der Waals surface area contributed by atoms with Gasteiger partial charge in [-0.25, -0.2) is 4.98 Å². The molecule has 178 valence electrons. The van der Waals surface area contributed by atoms with Gasteiger partial charge in [-0.05, 0) is 49.6 Å². The van der Waals surface area contributed by atoms with E-state index in [9.17, 15) is 4.79 Å². The van der Waals surface area contributed by atoms with Crippen molar-refractivity contribution in [3.63, 3.8) is 0 Å². The third-order valence-corrected chi connectivity index (χ3v) is 6.58. The van der Waals surface area contributed by atoms with Crippen LogP contribution in [0.2, 0.25) is 5.02 Å². The number of nitrogens with zero attached hydrogens (tertiary/aromatic N) is 4. The summed E-state index contributed by atoms with van der Waals surface area (Å²) < 4.78 is 5.59. The van der Waals surface area contributed by atoms with Gasteiger partial charge in [-0.3, -0.25) is 4.79 Å². The van der Waals surface area contributed by atoms with Gasteiger partial charge in [0.05, 0.1) is 11.6 Å². The summed E-state index contributed by atoms with van der Waals surface area (Å²) in [6.07, 6.45) is 3.26. The van der Waals surface area contributed by atoms with E-state index in [2.05, 4.69) is 25.3 Å². The molecule has 0 saturated carbocycles. The lowest BCUT2D eigenvalue weighted by Crippen LogP contribution is -2.41. The maximum Gasteiger partial charge on any atom is 0.261 e. The van der Waals surface area contributed by atoms with Gasteiger partial charge in [-0.2, -0.15) is 4.98 Å². The van der Waals surface area contributed by atoms with Gasteiger partial charge >= 0.3 is 0 Å². The van der Waals surface area contributed by atoms with Gasteiger partial charge in [0.1, 0.15) is 5.82 Å². The molecule has 7 nitrogen and oxygen atoms in total. The Morgan fingerprint density at radius 3 is 2.66 bits per heavy atom. The van der Waals surface area contributed by atoms with Crippen LogP contribution in [0.5, 0.6) is 0 Å². The largest absolute Gasteiger partial charge is 0.356 e. The first kappa shape index (κ1) is 23.1. The number of carbonyl (C=O) groups is 1. The van der Waals surface area contributed by atoms with Crippen molar-refractivity contribution in [1.29, 1.82) is 0 Å². The first-order chi connectivity index (χ1) is 17.1. The van der Waals surface area contributed by atoms with E-state index in [-0.39, 0.29) is 17.9 Å². The molecule has 0 unspecified atom stereocenters. The van der Waals surface area contributed by atoms with Crippen molar-refractivity contribution in [3.8, 4) is 22.8 Å². The van der Waals surface area contributed by atoms with E-state index in [0.717, 1.165) is 48.4 Å². The average Bonchev–Trinajstić information content (AvgIpc) is 3.40. The molecule has 2 aromatic heterocycles. The molecule has 0 spiro atoms. The minimum Gasteiger partial charge on any atom is -0.356 e. The number of anilines is 1. The fraction of sp³-hybridized carbons (Fsp3) is 0.259. The Morgan fingerprint density at radius 2 is 1.89 bits per heavy atom. The predicted molar refractivity (Wildman–Crippen MR) is 136 cm³/mol. The molecular formula is C27H26ClN5O2. The zero-order chi connectivity index (χ0) is 24.2. The minimum atomic E-state index is -0.0255. The van der Waals surface area contributed by atoms with Crippen molar-refractivity contribution in [3.05, 3.63) is 83.5 Å². The molecule has 1 atom stereocenters. The van der Waals surface area contributed by atoms with Crippen LogP contribution >= 0.6 is 11.6 Å². The number of hydrogen-bond acceptors (Lipinski definition) is 6. The van der Waals surface area contributed by atoms with E-state index < -0.39 is 0 Å². The first-order valence-corrected chi connectivity index (χ1v) is 12.1. The number of rotatable bonds is 6. The van der Waals surface area contributed by atoms with Gasteiger partial charge < -0.3 is 14.7 Å². The Morgan fingerprint density at radius 1 is 1.09 bits per heavy atom. The van der Waals surface area contributed by atoms with Crippen molar-refractivity contribution in [1.82, 2.24) is 20.4 Å². The first-order valence-electron chi connectivity index (χ1n) is 11.7. The van der Waals surface area contributed by atoms with Gasteiger partial charge in [-0.15, -0.1) is 0 Å². The van der Waals surface area contributed by atoms with Crippen molar-refractivity contribution >= 4 is 23.3 Å². The second-order valence-electron chi connectivity index (χ2n) is 8.71.